The molecule has 1 aliphatic rings. The lowest BCUT2D eigenvalue weighted by molar-refractivity contribution is 0.0946. The van der Waals surface area contributed by atoms with Gasteiger partial charge in [-0.05, 0) is 42.9 Å². The minimum atomic E-state index is -0.0968. The van der Waals surface area contributed by atoms with Crippen molar-refractivity contribution in [3.8, 4) is 5.75 Å². The van der Waals surface area contributed by atoms with Crippen LogP contribution in [-0.4, -0.2) is 17.6 Å². The van der Waals surface area contributed by atoms with E-state index in [4.69, 9.17) is 0 Å². The Kier molecular flexibility index (Phi) is 3.67. The summed E-state index contributed by atoms with van der Waals surface area (Å²) in [5, 5.41) is 12.2. The standard InChI is InChI=1S/C14H19NO2/c1-10-5-6-11(7-10)9-15-14(17)12-3-2-4-13(16)8-12/h2-4,8,10-11,16H,5-7,9H2,1H3,(H,15,17). The van der Waals surface area contributed by atoms with Crippen LogP contribution < -0.4 is 5.32 Å². The average molecular weight is 233 g/mol. The molecule has 2 atom stereocenters. The summed E-state index contributed by atoms with van der Waals surface area (Å²) < 4.78 is 0. The van der Waals surface area contributed by atoms with Gasteiger partial charge in [-0.25, -0.2) is 0 Å². The summed E-state index contributed by atoms with van der Waals surface area (Å²) in [6, 6.07) is 6.45. The van der Waals surface area contributed by atoms with Crippen molar-refractivity contribution in [1.82, 2.24) is 5.32 Å². The lowest BCUT2D eigenvalue weighted by atomic mass is 10.1. The summed E-state index contributed by atoms with van der Waals surface area (Å²) in [6.45, 7) is 3.01. The van der Waals surface area contributed by atoms with Gasteiger partial charge in [-0.2, -0.15) is 0 Å². The largest absolute Gasteiger partial charge is 0.508 e. The summed E-state index contributed by atoms with van der Waals surface area (Å²) >= 11 is 0. The van der Waals surface area contributed by atoms with Crippen LogP contribution in [0.2, 0.25) is 0 Å². The monoisotopic (exact) mass is 233 g/mol. The molecular formula is C14H19NO2. The van der Waals surface area contributed by atoms with Gasteiger partial charge in [0, 0.05) is 12.1 Å². The van der Waals surface area contributed by atoms with E-state index >= 15 is 0 Å². The Morgan fingerprint density at radius 3 is 2.94 bits per heavy atom. The Morgan fingerprint density at radius 2 is 2.29 bits per heavy atom. The highest BCUT2D eigenvalue weighted by molar-refractivity contribution is 5.94. The number of hydrogen-bond donors (Lipinski definition) is 2. The van der Waals surface area contributed by atoms with Gasteiger partial charge < -0.3 is 10.4 Å². The van der Waals surface area contributed by atoms with Crippen LogP contribution in [0, 0.1) is 11.8 Å². The normalized spacial score (nSPS) is 23.6. The molecule has 0 saturated heterocycles. The number of hydrogen-bond acceptors (Lipinski definition) is 2. The van der Waals surface area contributed by atoms with E-state index in [0.29, 0.717) is 11.5 Å². The molecule has 2 unspecified atom stereocenters. The van der Waals surface area contributed by atoms with Gasteiger partial charge in [-0.1, -0.05) is 19.4 Å². The fourth-order valence-corrected chi connectivity index (χ4v) is 2.50. The quantitative estimate of drug-likeness (QED) is 0.843. The van der Waals surface area contributed by atoms with Crippen molar-refractivity contribution in [3.05, 3.63) is 29.8 Å². The second-order valence-corrected chi connectivity index (χ2v) is 5.04. The first-order valence-corrected chi connectivity index (χ1v) is 6.22. The Balaban J connectivity index is 1.85. The van der Waals surface area contributed by atoms with Crippen LogP contribution in [-0.2, 0) is 0 Å². The van der Waals surface area contributed by atoms with Gasteiger partial charge in [0.1, 0.15) is 5.75 Å². The van der Waals surface area contributed by atoms with Crippen LogP contribution in [0.5, 0.6) is 5.75 Å². The summed E-state index contributed by atoms with van der Waals surface area (Å²) in [5.41, 5.74) is 0.524. The maximum atomic E-state index is 11.8. The predicted molar refractivity (Wildman–Crippen MR) is 66.9 cm³/mol. The van der Waals surface area contributed by atoms with Gasteiger partial charge >= 0.3 is 0 Å². The molecule has 0 aromatic heterocycles. The van der Waals surface area contributed by atoms with Crippen molar-refractivity contribution in [2.45, 2.75) is 26.2 Å². The molecule has 2 N–H and O–H groups in total. The van der Waals surface area contributed by atoms with Gasteiger partial charge in [0.2, 0.25) is 0 Å². The summed E-state index contributed by atoms with van der Waals surface area (Å²) in [6.07, 6.45) is 3.69. The van der Waals surface area contributed by atoms with E-state index in [0.717, 1.165) is 12.5 Å². The molecule has 0 heterocycles. The van der Waals surface area contributed by atoms with Crippen molar-refractivity contribution >= 4 is 5.91 Å². The first-order valence-electron chi connectivity index (χ1n) is 6.22. The highest BCUT2D eigenvalue weighted by Crippen LogP contribution is 2.29. The van der Waals surface area contributed by atoms with Crippen molar-refractivity contribution < 1.29 is 9.90 Å². The second kappa shape index (κ2) is 5.21. The molecule has 0 spiro atoms. The zero-order valence-electron chi connectivity index (χ0n) is 10.1. The van der Waals surface area contributed by atoms with Gasteiger partial charge in [0.15, 0.2) is 0 Å². The lowest BCUT2D eigenvalue weighted by Crippen LogP contribution is -2.28. The third kappa shape index (κ3) is 3.22. The summed E-state index contributed by atoms with van der Waals surface area (Å²) in [7, 11) is 0. The fourth-order valence-electron chi connectivity index (χ4n) is 2.50. The first-order chi connectivity index (χ1) is 8.15. The van der Waals surface area contributed by atoms with Gasteiger partial charge in [-0.3, -0.25) is 4.79 Å². The Bertz CT molecular complexity index is 403. The highest BCUT2D eigenvalue weighted by Gasteiger charge is 2.21. The van der Waals surface area contributed by atoms with Crippen LogP contribution in [0.25, 0.3) is 0 Å². The van der Waals surface area contributed by atoms with E-state index in [2.05, 4.69) is 12.2 Å². The number of aromatic hydroxyl groups is 1. The van der Waals surface area contributed by atoms with Crippen LogP contribution in [0.15, 0.2) is 24.3 Å². The SMILES string of the molecule is CC1CCC(CNC(=O)c2cccc(O)c2)C1. The average Bonchev–Trinajstić information content (AvgIpc) is 2.72. The summed E-state index contributed by atoms with van der Waals surface area (Å²) in [4.78, 5) is 11.8. The zero-order chi connectivity index (χ0) is 12.3. The molecule has 1 saturated carbocycles. The second-order valence-electron chi connectivity index (χ2n) is 5.04. The van der Waals surface area contributed by atoms with Crippen LogP contribution in [0.1, 0.15) is 36.5 Å². The zero-order valence-corrected chi connectivity index (χ0v) is 10.1. The van der Waals surface area contributed by atoms with E-state index in [9.17, 15) is 9.90 Å². The highest BCUT2D eigenvalue weighted by atomic mass is 16.3. The molecule has 1 aromatic carbocycles. The topological polar surface area (TPSA) is 49.3 Å². The van der Waals surface area contributed by atoms with E-state index < -0.39 is 0 Å². The molecule has 1 fully saturated rings. The molecule has 1 aliphatic carbocycles. The van der Waals surface area contributed by atoms with Crippen molar-refractivity contribution in [1.29, 1.82) is 0 Å². The van der Waals surface area contributed by atoms with Crippen LogP contribution in [0.3, 0.4) is 0 Å². The maximum absolute atomic E-state index is 11.8. The van der Waals surface area contributed by atoms with Gasteiger partial charge in [-0.15, -0.1) is 0 Å². The lowest BCUT2D eigenvalue weighted by Gasteiger charge is -2.11. The fraction of sp³-hybridized carbons (Fsp3) is 0.500. The summed E-state index contributed by atoms with van der Waals surface area (Å²) in [5.74, 6) is 1.44. The molecule has 3 nitrogen and oxygen atoms in total. The minimum absolute atomic E-state index is 0.0968. The Hall–Kier alpha value is -1.51. The Labute approximate surface area is 102 Å². The maximum Gasteiger partial charge on any atom is 0.251 e. The van der Waals surface area contributed by atoms with E-state index in [1.165, 1.54) is 25.3 Å². The number of amides is 1. The van der Waals surface area contributed by atoms with Crippen LogP contribution in [0.4, 0.5) is 0 Å². The molecule has 92 valence electrons. The van der Waals surface area contributed by atoms with Crippen molar-refractivity contribution in [2.75, 3.05) is 6.54 Å². The number of benzene rings is 1. The first kappa shape index (κ1) is 12.0. The molecule has 17 heavy (non-hydrogen) atoms. The third-order valence-corrected chi connectivity index (χ3v) is 3.46. The van der Waals surface area contributed by atoms with E-state index in [1.807, 2.05) is 0 Å². The Morgan fingerprint density at radius 1 is 1.47 bits per heavy atom. The van der Waals surface area contributed by atoms with Crippen molar-refractivity contribution in [3.63, 3.8) is 0 Å². The minimum Gasteiger partial charge on any atom is -0.508 e. The predicted octanol–water partition coefficient (Wildman–Crippen LogP) is 2.56. The van der Waals surface area contributed by atoms with Gasteiger partial charge in [0.05, 0.1) is 0 Å². The molecule has 3 heteroatoms. The van der Waals surface area contributed by atoms with Crippen LogP contribution >= 0.6 is 0 Å². The molecule has 0 radical (unpaired) electrons. The molecule has 1 amide bonds. The van der Waals surface area contributed by atoms with E-state index in [-0.39, 0.29) is 11.7 Å². The number of phenolic OH excluding ortho intramolecular Hbond substituents is 1. The smallest absolute Gasteiger partial charge is 0.251 e. The van der Waals surface area contributed by atoms with Crippen molar-refractivity contribution in [2.24, 2.45) is 11.8 Å². The van der Waals surface area contributed by atoms with Gasteiger partial charge in [0.25, 0.3) is 5.91 Å². The molecule has 0 bridgehead atoms. The number of nitrogens with one attached hydrogen (secondary N) is 1. The van der Waals surface area contributed by atoms with E-state index in [1.54, 1.807) is 18.2 Å². The third-order valence-electron chi connectivity index (χ3n) is 3.46. The number of rotatable bonds is 3. The number of phenols is 1. The molecule has 1 aromatic rings. The molecule has 0 aliphatic heterocycles. The number of carbonyl (C=O) groups excluding carboxylic acids is 1. The molecular weight excluding hydrogens is 214 g/mol. The number of carbonyl (C=O) groups is 1. The molecule has 2 rings (SSSR count).